The second-order valence-corrected chi connectivity index (χ2v) is 22.1. The number of hydrogen-bond acceptors (Lipinski definition) is 6. The molecule has 0 aromatic heterocycles. The van der Waals surface area contributed by atoms with E-state index in [1.165, 1.54) is 0 Å². The van der Waals surface area contributed by atoms with Crippen molar-refractivity contribution in [3.8, 4) is 0 Å². The summed E-state index contributed by atoms with van der Waals surface area (Å²) in [6.07, 6.45) is -1.10. The molecule has 0 spiro atoms. The van der Waals surface area contributed by atoms with Crippen molar-refractivity contribution in [3.63, 3.8) is 0 Å². The van der Waals surface area contributed by atoms with Crippen LogP contribution in [0.25, 0.3) is 0 Å². The molecule has 1 aromatic rings. The molecule has 9 heteroatoms. The van der Waals surface area contributed by atoms with Crippen molar-refractivity contribution in [2.45, 2.75) is 103 Å². The van der Waals surface area contributed by atoms with Gasteiger partial charge in [0.1, 0.15) is 12.6 Å². The van der Waals surface area contributed by atoms with E-state index in [0.717, 1.165) is 5.56 Å². The molecular weight excluding hydrogens is 478 g/mol. The van der Waals surface area contributed by atoms with E-state index in [9.17, 15) is 14.7 Å². The van der Waals surface area contributed by atoms with E-state index in [4.69, 9.17) is 13.6 Å². The molecule has 1 saturated heterocycles. The molecule has 7 nitrogen and oxygen atoms in total. The molecule has 3 atom stereocenters. The molecule has 1 aromatic carbocycles. The number of likely N-dealkylation sites (tertiary alicyclic amines) is 1. The maximum absolute atomic E-state index is 12.7. The summed E-state index contributed by atoms with van der Waals surface area (Å²) in [6, 6.07) is 8.46. The van der Waals surface area contributed by atoms with Crippen LogP contribution in [-0.2, 0) is 29.8 Å². The molecule has 0 radical (unpaired) electrons. The number of rotatable bonds is 9. The second kappa shape index (κ2) is 10.8. The highest BCUT2D eigenvalue weighted by Crippen LogP contribution is 2.42. The normalized spacial score (nSPS) is 22.3. The number of carboxylic acids is 1. The monoisotopic (exact) mass is 523 g/mol. The Morgan fingerprint density at radius 1 is 0.943 bits per heavy atom. The Labute approximate surface area is 213 Å². The number of carbonyl (C=O) groups is 2. The van der Waals surface area contributed by atoms with Gasteiger partial charge in [-0.15, -0.1) is 0 Å². The first-order valence-corrected chi connectivity index (χ1v) is 18.2. The zero-order valence-electron chi connectivity index (χ0n) is 23.2. The fourth-order valence-corrected chi connectivity index (χ4v) is 6.22. The first-order valence-electron chi connectivity index (χ1n) is 12.4. The van der Waals surface area contributed by atoms with Gasteiger partial charge in [0, 0.05) is 6.54 Å². The lowest BCUT2D eigenvalue weighted by molar-refractivity contribution is -0.150. The van der Waals surface area contributed by atoms with Crippen LogP contribution < -0.4 is 0 Å². The van der Waals surface area contributed by atoms with Crippen LogP contribution in [0.3, 0.4) is 0 Å². The van der Waals surface area contributed by atoms with Gasteiger partial charge in [-0.05, 0) is 41.8 Å². The zero-order valence-corrected chi connectivity index (χ0v) is 25.2. The van der Waals surface area contributed by atoms with Gasteiger partial charge in [-0.3, -0.25) is 14.5 Å². The van der Waals surface area contributed by atoms with Gasteiger partial charge in [0.05, 0.1) is 18.8 Å². The molecule has 1 fully saturated rings. The third-order valence-corrected chi connectivity index (χ3v) is 16.8. The maximum atomic E-state index is 12.7. The van der Waals surface area contributed by atoms with Crippen LogP contribution in [0, 0.1) is 0 Å². The van der Waals surface area contributed by atoms with Crippen LogP contribution in [0.5, 0.6) is 0 Å². The molecule has 2 rings (SSSR count). The minimum absolute atomic E-state index is 0.0464. The Morgan fingerprint density at radius 3 is 1.94 bits per heavy atom. The van der Waals surface area contributed by atoms with Crippen molar-refractivity contribution in [1.29, 1.82) is 0 Å². The molecule has 1 aliphatic heterocycles. The van der Waals surface area contributed by atoms with Crippen LogP contribution in [0.15, 0.2) is 30.3 Å². The summed E-state index contributed by atoms with van der Waals surface area (Å²) >= 11 is 0. The summed E-state index contributed by atoms with van der Waals surface area (Å²) in [4.78, 5) is 26.9. The lowest BCUT2D eigenvalue weighted by Gasteiger charge is -2.43. The average Bonchev–Trinajstić information content (AvgIpc) is 3.00. The molecule has 1 heterocycles. The van der Waals surface area contributed by atoms with Crippen LogP contribution in [-0.4, -0.2) is 69.9 Å². The summed E-state index contributed by atoms with van der Waals surface area (Å²) in [5.74, 6) is -1.47. The van der Waals surface area contributed by atoms with Gasteiger partial charge < -0.3 is 18.7 Å². The molecule has 35 heavy (non-hydrogen) atoms. The number of benzene rings is 1. The van der Waals surface area contributed by atoms with Gasteiger partial charge >= 0.3 is 11.9 Å². The summed E-state index contributed by atoms with van der Waals surface area (Å²) in [7, 11) is -4.55. The zero-order chi connectivity index (χ0) is 26.8. The first kappa shape index (κ1) is 29.7. The van der Waals surface area contributed by atoms with E-state index in [2.05, 4.69) is 67.7 Å². The number of hydrogen-bond donors (Lipinski definition) is 1. The molecule has 1 aliphatic rings. The fourth-order valence-electron chi connectivity index (χ4n) is 3.59. The third-order valence-electron chi connectivity index (χ3n) is 7.80. The molecule has 0 saturated carbocycles. The molecule has 0 bridgehead atoms. The van der Waals surface area contributed by atoms with Crippen molar-refractivity contribution >= 4 is 28.6 Å². The largest absolute Gasteiger partial charge is 0.480 e. The van der Waals surface area contributed by atoms with Gasteiger partial charge in [0.2, 0.25) is 0 Å². The number of ether oxygens (including phenoxy) is 1. The highest BCUT2D eigenvalue weighted by atomic mass is 28.4. The number of carbonyl (C=O) groups excluding carboxylic acids is 1. The van der Waals surface area contributed by atoms with E-state index in [0.29, 0.717) is 6.54 Å². The lowest BCUT2D eigenvalue weighted by Crippen LogP contribution is -2.54. The Hall–Kier alpha value is -1.53. The van der Waals surface area contributed by atoms with E-state index in [1.54, 1.807) is 4.90 Å². The topological polar surface area (TPSA) is 85.3 Å². The Balaban J connectivity index is 2.30. The van der Waals surface area contributed by atoms with Crippen molar-refractivity contribution in [1.82, 2.24) is 4.90 Å². The highest BCUT2D eigenvalue weighted by Gasteiger charge is 2.54. The van der Waals surface area contributed by atoms with Gasteiger partial charge in [-0.2, -0.15) is 0 Å². The number of esters is 1. The van der Waals surface area contributed by atoms with Crippen LogP contribution in [0.1, 0.15) is 47.1 Å². The van der Waals surface area contributed by atoms with Gasteiger partial charge in [0.25, 0.3) is 0 Å². The smallest absolute Gasteiger partial charge is 0.323 e. The molecule has 1 N–H and O–H groups in total. The molecule has 2 unspecified atom stereocenters. The van der Waals surface area contributed by atoms with Crippen molar-refractivity contribution in [2.75, 3.05) is 13.1 Å². The van der Waals surface area contributed by atoms with E-state index in [-0.39, 0.29) is 23.2 Å². The highest BCUT2D eigenvalue weighted by molar-refractivity contribution is 6.74. The van der Waals surface area contributed by atoms with Gasteiger partial charge in [-0.1, -0.05) is 71.9 Å². The molecule has 0 aliphatic carbocycles. The minimum Gasteiger partial charge on any atom is -0.480 e. The van der Waals surface area contributed by atoms with Crippen LogP contribution in [0.2, 0.25) is 36.3 Å². The number of carboxylic acid groups (broad SMARTS) is 1. The Kier molecular flexibility index (Phi) is 9.20. The Morgan fingerprint density at radius 2 is 1.46 bits per heavy atom. The number of nitrogens with zero attached hydrogens (tertiary/aromatic N) is 1. The summed E-state index contributed by atoms with van der Waals surface area (Å²) < 4.78 is 18.9. The molecule has 0 amide bonds. The first-order chi connectivity index (χ1) is 15.9. The summed E-state index contributed by atoms with van der Waals surface area (Å²) in [6.45, 7) is 21.7. The van der Waals surface area contributed by atoms with Crippen LogP contribution in [0.4, 0.5) is 0 Å². The summed E-state index contributed by atoms with van der Waals surface area (Å²) in [5.41, 5.74) is 0.885. The predicted molar refractivity (Wildman–Crippen MR) is 143 cm³/mol. The molecule has 198 valence electrons. The van der Waals surface area contributed by atoms with Crippen LogP contribution >= 0.6 is 0 Å². The predicted octanol–water partition coefficient (Wildman–Crippen LogP) is 5.28. The molecular formula is C26H45NO6Si2. The van der Waals surface area contributed by atoms with E-state index < -0.39 is 46.8 Å². The van der Waals surface area contributed by atoms with E-state index >= 15 is 0 Å². The number of aliphatic carboxylic acids is 1. The third kappa shape index (κ3) is 7.49. The fraction of sp³-hybridized carbons (Fsp3) is 0.692. The van der Waals surface area contributed by atoms with E-state index in [1.807, 2.05) is 30.3 Å². The standard InChI is InChI=1S/C26H45NO6Si2/c1-25(2,3)34(7,8)32-20-16-27(17-21(28)31-18-19-14-12-11-13-15-19)22(24(29)30)23(20)33-35(9,10)26(4,5)6/h11-15,20,22-23H,16-18H2,1-10H3,(H,29,30)/t20?,22-,23?/m1/s1. The Bertz CT molecular complexity index is 876. The average molecular weight is 524 g/mol. The van der Waals surface area contributed by atoms with Crippen molar-refractivity contribution < 1.29 is 28.3 Å². The SMILES string of the molecule is CC(C)(C)[Si](C)(C)OC1CN(CC(=O)OCc2ccccc2)[C@@H](C(=O)O)C1O[Si](C)(C)C(C)(C)C. The summed E-state index contributed by atoms with van der Waals surface area (Å²) in [5, 5.41) is 10.1. The maximum Gasteiger partial charge on any atom is 0.323 e. The quantitative estimate of drug-likeness (QED) is 0.348. The van der Waals surface area contributed by atoms with Crippen molar-refractivity contribution in [3.05, 3.63) is 35.9 Å². The second-order valence-electron chi connectivity index (χ2n) is 12.6. The lowest BCUT2D eigenvalue weighted by atomic mass is 10.1. The van der Waals surface area contributed by atoms with Gasteiger partial charge in [-0.25, -0.2) is 0 Å². The van der Waals surface area contributed by atoms with Crippen molar-refractivity contribution in [2.24, 2.45) is 0 Å². The minimum atomic E-state index is -2.32. The van der Waals surface area contributed by atoms with Gasteiger partial charge in [0.15, 0.2) is 16.6 Å².